The molecule has 0 fully saturated rings. The van der Waals surface area contributed by atoms with Crippen molar-refractivity contribution < 1.29 is 18.0 Å². The lowest BCUT2D eigenvalue weighted by Crippen LogP contribution is -2.28. The Morgan fingerprint density at radius 3 is 2.57 bits per heavy atom. The van der Waals surface area contributed by atoms with Gasteiger partial charge in [-0.15, -0.1) is 10.2 Å². The fourth-order valence-corrected chi connectivity index (χ4v) is 1.25. The highest BCUT2D eigenvalue weighted by Crippen LogP contribution is 2.31. The number of carbonyl (C=O) groups excluding carboxylic acids is 1. The van der Waals surface area contributed by atoms with Gasteiger partial charge in [-0.25, -0.2) is 4.79 Å². The molecule has 14 heavy (non-hydrogen) atoms. The van der Waals surface area contributed by atoms with Crippen LogP contribution in [0.1, 0.15) is 10.0 Å². The number of aromatic nitrogens is 2. The van der Waals surface area contributed by atoms with Crippen LogP contribution in [0.15, 0.2) is 0 Å². The molecule has 0 spiro atoms. The molecule has 5 nitrogen and oxygen atoms in total. The van der Waals surface area contributed by atoms with E-state index in [9.17, 15) is 18.0 Å². The Morgan fingerprint density at radius 1 is 1.50 bits per heavy atom. The van der Waals surface area contributed by atoms with Crippen LogP contribution in [-0.4, -0.2) is 16.2 Å². The van der Waals surface area contributed by atoms with Gasteiger partial charge in [-0.3, -0.25) is 0 Å². The van der Waals surface area contributed by atoms with Gasteiger partial charge in [0.2, 0.25) is 5.01 Å². The van der Waals surface area contributed by atoms with Crippen molar-refractivity contribution in [2.45, 2.75) is 12.7 Å². The maximum atomic E-state index is 12.0. The first-order valence-electron chi connectivity index (χ1n) is 3.32. The Morgan fingerprint density at radius 2 is 2.14 bits per heavy atom. The number of urea groups is 1. The third-order valence-corrected chi connectivity index (χ3v) is 2.09. The van der Waals surface area contributed by atoms with Crippen LogP contribution in [0.2, 0.25) is 0 Å². The van der Waals surface area contributed by atoms with Gasteiger partial charge in [0.25, 0.3) is 0 Å². The van der Waals surface area contributed by atoms with E-state index in [2.05, 4.69) is 15.5 Å². The van der Waals surface area contributed by atoms with E-state index in [1.54, 1.807) is 0 Å². The van der Waals surface area contributed by atoms with Gasteiger partial charge in [0.1, 0.15) is 5.01 Å². The van der Waals surface area contributed by atoms with Gasteiger partial charge in [-0.2, -0.15) is 13.2 Å². The Bertz CT molecular complexity index is 336. The highest BCUT2D eigenvalue weighted by Gasteiger charge is 2.35. The minimum absolute atomic E-state index is 0.0520. The van der Waals surface area contributed by atoms with Gasteiger partial charge in [0.05, 0.1) is 6.54 Å². The summed E-state index contributed by atoms with van der Waals surface area (Å²) in [5, 5.41) is 7.26. The molecule has 1 rings (SSSR count). The van der Waals surface area contributed by atoms with Gasteiger partial charge >= 0.3 is 12.2 Å². The van der Waals surface area contributed by atoms with Crippen LogP contribution in [0.4, 0.5) is 18.0 Å². The third kappa shape index (κ3) is 2.83. The van der Waals surface area contributed by atoms with Crippen LogP contribution in [0.3, 0.4) is 0 Å². The predicted molar refractivity (Wildman–Crippen MR) is 41.3 cm³/mol. The minimum Gasteiger partial charge on any atom is -0.352 e. The fraction of sp³-hybridized carbons (Fsp3) is 0.400. The van der Waals surface area contributed by atoms with Crippen molar-refractivity contribution in [1.82, 2.24) is 15.5 Å². The lowest BCUT2D eigenvalue weighted by molar-refractivity contribution is -0.138. The van der Waals surface area contributed by atoms with E-state index in [-0.39, 0.29) is 11.6 Å². The number of carbonyl (C=O) groups is 1. The number of primary amides is 1. The van der Waals surface area contributed by atoms with Crippen molar-refractivity contribution >= 4 is 17.4 Å². The van der Waals surface area contributed by atoms with Crippen molar-refractivity contribution in [3.63, 3.8) is 0 Å². The normalized spacial score (nSPS) is 11.4. The minimum atomic E-state index is -4.50. The van der Waals surface area contributed by atoms with Crippen LogP contribution < -0.4 is 11.1 Å². The predicted octanol–water partition coefficient (Wildman–Crippen LogP) is 0.725. The quantitative estimate of drug-likeness (QED) is 0.779. The average molecular weight is 226 g/mol. The number of nitrogens with zero attached hydrogens (tertiary/aromatic N) is 2. The average Bonchev–Trinajstić information content (AvgIpc) is 2.47. The number of rotatable bonds is 2. The molecule has 0 aliphatic heterocycles. The van der Waals surface area contributed by atoms with Crippen LogP contribution in [0.5, 0.6) is 0 Å². The van der Waals surface area contributed by atoms with Gasteiger partial charge in [0, 0.05) is 0 Å². The molecule has 1 aromatic heterocycles. The first-order valence-corrected chi connectivity index (χ1v) is 4.14. The van der Waals surface area contributed by atoms with Crippen LogP contribution >= 0.6 is 11.3 Å². The highest BCUT2D eigenvalue weighted by atomic mass is 32.1. The summed E-state index contributed by atoms with van der Waals surface area (Å²) in [5.41, 5.74) is 4.72. The Labute approximate surface area is 80.1 Å². The van der Waals surface area contributed by atoms with Crippen molar-refractivity contribution in [3.05, 3.63) is 10.0 Å². The molecule has 0 atom stereocenters. The van der Waals surface area contributed by atoms with Gasteiger partial charge in [0.15, 0.2) is 0 Å². The third-order valence-electron chi connectivity index (χ3n) is 1.12. The molecule has 0 bridgehead atoms. The monoisotopic (exact) mass is 226 g/mol. The summed E-state index contributed by atoms with van der Waals surface area (Å²) in [7, 11) is 0. The van der Waals surface area contributed by atoms with E-state index in [4.69, 9.17) is 5.73 Å². The number of halogens is 3. The van der Waals surface area contributed by atoms with Crippen molar-refractivity contribution in [1.29, 1.82) is 0 Å². The summed E-state index contributed by atoms with van der Waals surface area (Å²) in [5.74, 6) is 0. The standard InChI is InChI=1S/C5H5F3N4OS/c6-5(7,8)3-12-11-2(14-3)1-10-4(9)13/h1H2,(H3,9,10,13). The first kappa shape index (κ1) is 10.7. The van der Waals surface area contributed by atoms with Crippen molar-refractivity contribution in [2.24, 2.45) is 5.73 Å². The zero-order chi connectivity index (χ0) is 10.8. The van der Waals surface area contributed by atoms with Gasteiger partial charge in [-0.05, 0) is 0 Å². The molecule has 1 heterocycles. The number of hydrogen-bond donors (Lipinski definition) is 2. The second-order valence-corrected chi connectivity index (χ2v) is 3.28. The number of nitrogens with one attached hydrogen (secondary N) is 1. The lowest BCUT2D eigenvalue weighted by atomic mass is 10.7. The maximum Gasteiger partial charge on any atom is 0.445 e. The second-order valence-electron chi connectivity index (χ2n) is 2.22. The first-order chi connectivity index (χ1) is 6.39. The second kappa shape index (κ2) is 3.78. The van der Waals surface area contributed by atoms with E-state index >= 15 is 0 Å². The molecule has 0 radical (unpaired) electrons. The number of nitrogens with two attached hydrogens (primary N) is 1. The highest BCUT2D eigenvalue weighted by molar-refractivity contribution is 7.11. The number of hydrogen-bond acceptors (Lipinski definition) is 4. The Kier molecular flexibility index (Phi) is 2.89. The topological polar surface area (TPSA) is 80.9 Å². The molecule has 0 aliphatic carbocycles. The number of amides is 2. The molecule has 3 N–H and O–H groups in total. The van der Waals surface area contributed by atoms with Gasteiger partial charge in [-0.1, -0.05) is 11.3 Å². The fourth-order valence-electron chi connectivity index (χ4n) is 0.602. The Hall–Kier alpha value is -1.38. The molecule has 0 aliphatic rings. The van der Waals surface area contributed by atoms with Gasteiger partial charge < -0.3 is 11.1 Å². The van der Waals surface area contributed by atoms with E-state index in [0.29, 0.717) is 11.3 Å². The summed E-state index contributed by atoms with van der Waals surface area (Å²) in [4.78, 5) is 10.2. The molecule has 0 unspecified atom stereocenters. The molecule has 0 saturated carbocycles. The van der Waals surface area contributed by atoms with Crippen LogP contribution in [0.25, 0.3) is 0 Å². The summed E-state index contributed by atoms with van der Waals surface area (Å²) in [6.45, 7) is -0.150. The summed E-state index contributed by atoms with van der Waals surface area (Å²) in [6, 6.07) is -0.825. The Balaban J connectivity index is 2.64. The lowest BCUT2D eigenvalue weighted by Gasteiger charge is -1.97. The maximum absolute atomic E-state index is 12.0. The van der Waals surface area contributed by atoms with E-state index < -0.39 is 17.2 Å². The zero-order valence-electron chi connectivity index (χ0n) is 6.63. The summed E-state index contributed by atoms with van der Waals surface area (Å²) >= 11 is 0.364. The molecular formula is C5H5F3N4OS. The zero-order valence-corrected chi connectivity index (χ0v) is 7.45. The molecule has 2 amide bonds. The van der Waals surface area contributed by atoms with E-state index in [0.717, 1.165) is 0 Å². The molecule has 0 saturated heterocycles. The summed E-state index contributed by atoms with van der Waals surface area (Å²) < 4.78 is 36.0. The summed E-state index contributed by atoms with van der Waals surface area (Å²) in [6.07, 6.45) is -4.50. The van der Waals surface area contributed by atoms with E-state index in [1.807, 2.05) is 0 Å². The molecule has 0 aromatic carbocycles. The van der Waals surface area contributed by atoms with Crippen molar-refractivity contribution in [3.8, 4) is 0 Å². The largest absolute Gasteiger partial charge is 0.445 e. The molecular weight excluding hydrogens is 221 g/mol. The molecule has 9 heteroatoms. The number of alkyl halides is 3. The molecule has 1 aromatic rings. The smallest absolute Gasteiger partial charge is 0.352 e. The molecule has 78 valence electrons. The SMILES string of the molecule is NC(=O)NCc1nnc(C(F)(F)F)s1. The van der Waals surface area contributed by atoms with Crippen molar-refractivity contribution in [2.75, 3.05) is 0 Å². The van der Waals surface area contributed by atoms with Crippen LogP contribution in [0, 0.1) is 0 Å². The van der Waals surface area contributed by atoms with Crippen LogP contribution in [-0.2, 0) is 12.7 Å². The van der Waals surface area contributed by atoms with E-state index in [1.165, 1.54) is 0 Å².